The molecule has 0 spiro atoms. The lowest BCUT2D eigenvalue weighted by atomic mass is 9.63. The Labute approximate surface area is 148 Å². The topological polar surface area (TPSA) is 32.8 Å². The Morgan fingerprint density at radius 2 is 2.04 bits per heavy atom. The first-order valence-electron chi connectivity index (χ1n) is 9.53. The minimum absolute atomic E-state index is 0.217. The molecule has 0 radical (unpaired) electrons. The predicted molar refractivity (Wildman–Crippen MR) is 93.9 cm³/mol. The maximum absolute atomic E-state index is 13.7. The van der Waals surface area contributed by atoms with E-state index in [4.69, 9.17) is 4.74 Å². The number of likely N-dealkylation sites (tertiary alicyclic amines) is 1. The van der Waals surface area contributed by atoms with Gasteiger partial charge in [-0.1, -0.05) is 18.6 Å². The van der Waals surface area contributed by atoms with Gasteiger partial charge in [0.2, 0.25) is 5.91 Å². The van der Waals surface area contributed by atoms with Crippen molar-refractivity contribution >= 4 is 5.91 Å². The van der Waals surface area contributed by atoms with Crippen LogP contribution in [0.2, 0.25) is 0 Å². The summed E-state index contributed by atoms with van der Waals surface area (Å²) in [4.78, 5) is 17.8. The first kappa shape index (κ1) is 17.0. The zero-order valence-electron chi connectivity index (χ0n) is 14.8. The first-order valence-corrected chi connectivity index (χ1v) is 9.53. The Morgan fingerprint density at radius 3 is 2.72 bits per heavy atom. The highest BCUT2D eigenvalue weighted by Crippen LogP contribution is 2.46. The summed E-state index contributed by atoms with van der Waals surface area (Å²) in [6, 6.07) is 6.65. The summed E-state index contributed by atoms with van der Waals surface area (Å²) in [5.41, 5.74) is 0.385. The van der Waals surface area contributed by atoms with Gasteiger partial charge in [0, 0.05) is 32.7 Å². The highest BCUT2D eigenvalue weighted by Gasteiger charge is 2.48. The molecule has 2 heterocycles. The number of amides is 1. The van der Waals surface area contributed by atoms with Crippen molar-refractivity contribution in [3.05, 3.63) is 35.6 Å². The molecule has 1 aromatic rings. The van der Waals surface area contributed by atoms with Gasteiger partial charge in [-0.2, -0.15) is 0 Å². The third-order valence-electron chi connectivity index (χ3n) is 6.19. The molecule has 1 amide bonds. The van der Waals surface area contributed by atoms with Crippen LogP contribution in [0, 0.1) is 11.7 Å². The van der Waals surface area contributed by atoms with Gasteiger partial charge < -0.3 is 9.64 Å². The van der Waals surface area contributed by atoms with Crippen molar-refractivity contribution in [3.8, 4) is 0 Å². The molecule has 0 aromatic heterocycles. The summed E-state index contributed by atoms with van der Waals surface area (Å²) in [7, 11) is 0. The summed E-state index contributed by atoms with van der Waals surface area (Å²) in [5, 5.41) is 0. The van der Waals surface area contributed by atoms with E-state index in [1.165, 1.54) is 6.07 Å². The maximum atomic E-state index is 13.7. The van der Waals surface area contributed by atoms with Gasteiger partial charge in [-0.05, 0) is 42.9 Å². The summed E-state index contributed by atoms with van der Waals surface area (Å²) in [5.74, 6) is 0.517. The van der Waals surface area contributed by atoms with Crippen LogP contribution in [0.4, 0.5) is 4.39 Å². The fourth-order valence-electron chi connectivity index (χ4n) is 4.56. The summed E-state index contributed by atoms with van der Waals surface area (Å²) in [6.45, 7) is 6.36. The number of halogens is 1. The van der Waals surface area contributed by atoms with Gasteiger partial charge in [-0.15, -0.1) is 0 Å². The van der Waals surface area contributed by atoms with Crippen molar-refractivity contribution in [2.75, 3.05) is 45.9 Å². The fourth-order valence-corrected chi connectivity index (χ4v) is 4.56. The number of hydrogen-bond acceptors (Lipinski definition) is 3. The van der Waals surface area contributed by atoms with Crippen LogP contribution in [-0.2, 0) is 14.9 Å². The lowest BCUT2D eigenvalue weighted by Crippen LogP contribution is -2.50. The Kier molecular flexibility index (Phi) is 4.78. The number of hydrogen-bond donors (Lipinski definition) is 0. The molecule has 136 valence electrons. The second-order valence-electron chi connectivity index (χ2n) is 7.76. The summed E-state index contributed by atoms with van der Waals surface area (Å²) < 4.78 is 19.1. The van der Waals surface area contributed by atoms with E-state index >= 15 is 0 Å². The van der Waals surface area contributed by atoms with Crippen LogP contribution in [0.25, 0.3) is 0 Å². The van der Waals surface area contributed by atoms with Crippen LogP contribution < -0.4 is 0 Å². The van der Waals surface area contributed by atoms with Gasteiger partial charge in [0.1, 0.15) is 5.82 Å². The van der Waals surface area contributed by atoms with E-state index in [0.717, 1.165) is 77.2 Å². The molecule has 0 N–H and O–H groups in total. The van der Waals surface area contributed by atoms with Crippen LogP contribution in [-0.4, -0.2) is 61.6 Å². The molecule has 1 aromatic carbocycles. The average Bonchev–Trinajstić information content (AvgIpc) is 3.03. The molecule has 1 atom stereocenters. The number of rotatable bonds is 4. The highest BCUT2D eigenvalue weighted by molar-refractivity contribution is 5.89. The summed E-state index contributed by atoms with van der Waals surface area (Å²) >= 11 is 0. The molecule has 5 heteroatoms. The number of nitrogens with zero attached hydrogens (tertiary/aromatic N) is 2. The monoisotopic (exact) mass is 346 g/mol. The minimum Gasteiger partial charge on any atom is -0.379 e. The molecule has 3 aliphatic rings. The smallest absolute Gasteiger partial charge is 0.233 e. The van der Waals surface area contributed by atoms with E-state index in [0.29, 0.717) is 5.92 Å². The van der Waals surface area contributed by atoms with Gasteiger partial charge in [-0.3, -0.25) is 9.69 Å². The normalized spacial score (nSPS) is 26.4. The number of benzene rings is 1. The Morgan fingerprint density at radius 1 is 1.24 bits per heavy atom. The Balaban J connectivity index is 1.42. The van der Waals surface area contributed by atoms with Gasteiger partial charge >= 0.3 is 0 Å². The molecule has 1 aliphatic carbocycles. The Bertz CT molecular complexity index is 626. The molecule has 2 saturated heterocycles. The second kappa shape index (κ2) is 7.04. The number of ether oxygens (including phenoxy) is 1. The maximum Gasteiger partial charge on any atom is 0.233 e. The number of carbonyl (C=O) groups is 1. The molecule has 1 saturated carbocycles. The predicted octanol–water partition coefficient (Wildman–Crippen LogP) is 2.43. The van der Waals surface area contributed by atoms with E-state index < -0.39 is 5.41 Å². The third-order valence-corrected chi connectivity index (χ3v) is 6.19. The van der Waals surface area contributed by atoms with E-state index in [1.807, 2.05) is 11.0 Å². The standard InChI is InChI=1S/C20H27FN2O2/c21-18-4-1-3-17(13-18)20(6-2-7-20)19(24)23-8-5-16(15-23)14-22-9-11-25-12-10-22/h1,3-4,13,16H,2,5-12,14-15H2/t16-/m0/s1. The first-order chi connectivity index (χ1) is 12.2. The molecular weight excluding hydrogens is 319 g/mol. The Hall–Kier alpha value is -1.46. The largest absolute Gasteiger partial charge is 0.379 e. The SMILES string of the molecule is O=C(N1CC[C@@H](CN2CCOCC2)C1)C1(c2cccc(F)c2)CCC1. The number of carbonyl (C=O) groups excluding carboxylic acids is 1. The van der Waals surface area contributed by atoms with Crippen LogP contribution in [0.5, 0.6) is 0 Å². The van der Waals surface area contributed by atoms with E-state index in [9.17, 15) is 9.18 Å². The quantitative estimate of drug-likeness (QED) is 0.839. The molecular formula is C20H27FN2O2. The van der Waals surface area contributed by atoms with Crippen LogP contribution in [0.1, 0.15) is 31.2 Å². The molecule has 2 aliphatic heterocycles. The van der Waals surface area contributed by atoms with Crippen molar-refractivity contribution in [2.24, 2.45) is 5.92 Å². The molecule has 4 rings (SSSR count). The third kappa shape index (κ3) is 3.32. The zero-order valence-corrected chi connectivity index (χ0v) is 14.8. The van der Waals surface area contributed by atoms with E-state index in [1.54, 1.807) is 12.1 Å². The average molecular weight is 346 g/mol. The van der Waals surface area contributed by atoms with E-state index in [-0.39, 0.29) is 11.7 Å². The van der Waals surface area contributed by atoms with Crippen LogP contribution in [0.3, 0.4) is 0 Å². The number of morpholine rings is 1. The van der Waals surface area contributed by atoms with Crippen LogP contribution >= 0.6 is 0 Å². The van der Waals surface area contributed by atoms with Gasteiger partial charge in [0.05, 0.1) is 18.6 Å². The molecule has 25 heavy (non-hydrogen) atoms. The fraction of sp³-hybridized carbons (Fsp3) is 0.650. The van der Waals surface area contributed by atoms with Gasteiger partial charge in [0.25, 0.3) is 0 Å². The molecule has 3 fully saturated rings. The van der Waals surface area contributed by atoms with Crippen molar-refractivity contribution < 1.29 is 13.9 Å². The second-order valence-corrected chi connectivity index (χ2v) is 7.76. The van der Waals surface area contributed by atoms with Gasteiger partial charge in [0.15, 0.2) is 0 Å². The van der Waals surface area contributed by atoms with Crippen LogP contribution in [0.15, 0.2) is 24.3 Å². The minimum atomic E-state index is -0.476. The van der Waals surface area contributed by atoms with Crippen molar-refractivity contribution in [1.29, 1.82) is 0 Å². The summed E-state index contributed by atoms with van der Waals surface area (Å²) in [6.07, 6.45) is 3.81. The highest BCUT2D eigenvalue weighted by atomic mass is 19.1. The van der Waals surface area contributed by atoms with Crippen molar-refractivity contribution in [2.45, 2.75) is 31.1 Å². The van der Waals surface area contributed by atoms with Crippen molar-refractivity contribution in [1.82, 2.24) is 9.80 Å². The van der Waals surface area contributed by atoms with E-state index in [2.05, 4.69) is 4.90 Å². The zero-order chi connectivity index (χ0) is 17.3. The van der Waals surface area contributed by atoms with Crippen molar-refractivity contribution in [3.63, 3.8) is 0 Å². The lowest BCUT2D eigenvalue weighted by Gasteiger charge is -2.43. The molecule has 0 unspecified atom stereocenters. The van der Waals surface area contributed by atoms with Gasteiger partial charge in [-0.25, -0.2) is 4.39 Å². The molecule has 4 nitrogen and oxygen atoms in total. The lowest BCUT2D eigenvalue weighted by molar-refractivity contribution is -0.140. The molecule has 0 bridgehead atoms.